The molecule has 1 atom stereocenters. The van der Waals surface area contributed by atoms with Gasteiger partial charge >= 0.3 is 0 Å². The molecule has 1 aromatic heterocycles. The van der Waals surface area contributed by atoms with E-state index in [9.17, 15) is 9.59 Å². The summed E-state index contributed by atoms with van der Waals surface area (Å²) < 4.78 is 1.84. The van der Waals surface area contributed by atoms with Crippen LogP contribution in [0.2, 0.25) is 0 Å². The average molecular weight is 342 g/mol. The Kier molecular flexibility index (Phi) is 6.33. The topological polar surface area (TPSA) is 76.0 Å². The van der Waals surface area contributed by atoms with E-state index in [1.807, 2.05) is 55.8 Å². The van der Waals surface area contributed by atoms with Crippen molar-refractivity contribution in [1.82, 2.24) is 20.4 Å². The minimum Gasteiger partial charge on any atom is -0.354 e. The number of carbonyl (C=O) groups is 2. The smallest absolute Gasteiger partial charge is 0.242 e. The van der Waals surface area contributed by atoms with Gasteiger partial charge in [-0.1, -0.05) is 25.1 Å². The summed E-state index contributed by atoms with van der Waals surface area (Å²) in [5, 5.41) is 10.1. The normalized spacial score (nSPS) is 11.8. The minimum atomic E-state index is -0.552. The third kappa shape index (κ3) is 4.68. The molecular formula is C19H26N4O2. The molecule has 6 nitrogen and oxygen atoms in total. The largest absolute Gasteiger partial charge is 0.354 e. The minimum absolute atomic E-state index is 0.163. The molecule has 0 saturated heterocycles. The fourth-order valence-electron chi connectivity index (χ4n) is 2.67. The Morgan fingerprint density at radius 3 is 2.52 bits per heavy atom. The van der Waals surface area contributed by atoms with E-state index in [1.54, 1.807) is 6.92 Å². The van der Waals surface area contributed by atoms with Crippen molar-refractivity contribution in [1.29, 1.82) is 0 Å². The van der Waals surface area contributed by atoms with Crippen molar-refractivity contribution in [3.63, 3.8) is 0 Å². The number of para-hydroxylation sites is 1. The highest BCUT2D eigenvalue weighted by molar-refractivity contribution is 5.88. The van der Waals surface area contributed by atoms with Gasteiger partial charge in [-0.2, -0.15) is 5.10 Å². The average Bonchev–Trinajstić information content (AvgIpc) is 2.88. The first kappa shape index (κ1) is 18.7. The van der Waals surface area contributed by atoms with Gasteiger partial charge in [0.1, 0.15) is 6.04 Å². The Hall–Kier alpha value is -2.63. The summed E-state index contributed by atoms with van der Waals surface area (Å²) in [6.45, 7) is 8.13. The van der Waals surface area contributed by atoms with Crippen LogP contribution in [0.3, 0.4) is 0 Å². The van der Waals surface area contributed by atoms with Gasteiger partial charge in [0.15, 0.2) is 0 Å². The zero-order valence-corrected chi connectivity index (χ0v) is 15.3. The number of amides is 2. The summed E-state index contributed by atoms with van der Waals surface area (Å²) in [6.07, 6.45) is 1.07. The molecule has 134 valence electrons. The number of hydrogen-bond acceptors (Lipinski definition) is 3. The molecule has 1 aromatic carbocycles. The lowest BCUT2D eigenvalue weighted by Gasteiger charge is -2.14. The molecule has 2 aromatic rings. The number of hydrogen-bond donors (Lipinski definition) is 2. The van der Waals surface area contributed by atoms with Gasteiger partial charge in [0.2, 0.25) is 11.8 Å². The summed E-state index contributed by atoms with van der Waals surface area (Å²) in [4.78, 5) is 24.2. The maximum Gasteiger partial charge on any atom is 0.242 e. The van der Waals surface area contributed by atoms with Crippen LogP contribution in [0.25, 0.3) is 5.69 Å². The van der Waals surface area contributed by atoms with Crippen LogP contribution >= 0.6 is 0 Å². The number of rotatable bonds is 7. The SMILES string of the molecule is CCCNC(=O)C(C)NC(=O)Cc1c(C)nn(-c2ccccc2)c1C. The number of nitrogens with one attached hydrogen (secondary N) is 2. The second-order valence-electron chi connectivity index (χ2n) is 6.15. The Balaban J connectivity index is 2.06. The van der Waals surface area contributed by atoms with Gasteiger partial charge in [0.25, 0.3) is 0 Å². The zero-order valence-electron chi connectivity index (χ0n) is 15.3. The lowest BCUT2D eigenvalue weighted by Crippen LogP contribution is -2.45. The van der Waals surface area contributed by atoms with E-state index in [-0.39, 0.29) is 18.2 Å². The lowest BCUT2D eigenvalue weighted by molar-refractivity contribution is -0.128. The molecule has 0 aliphatic rings. The number of benzene rings is 1. The van der Waals surface area contributed by atoms with Gasteiger partial charge in [-0.25, -0.2) is 4.68 Å². The van der Waals surface area contributed by atoms with E-state index in [0.29, 0.717) is 6.54 Å². The third-order valence-electron chi connectivity index (χ3n) is 4.10. The standard InChI is InChI=1S/C19H26N4O2/c1-5-11-20-19(25)14(3)21-18(24)12-17-13(2)22-23(15(17)4)16-9-7-6-8-10-16/h6-10,14H,5,11-12H2,1-4H3,(H,20,25)(H,21,24). The summed E-state index contributed by atoms with van der Waals surface area (Å²) in [6, 6.07) is 9.26. The molecule has 0 saturated carbocycles. The van der Waals surface area contributed by atoms with Crippen molar-refractivity contribution in [3.8, 4) is 5.69 Å². The van der Waals surface area contributed by atoms with Crippen LogP contribution in [-0.2, 0) is 16.0 Å². The van der Waals surface area contributed by atoms with Crippen molar-refractivity contribution >= 4 is 11.8 Å². The Morgan fingerprint density at radius 1 is 1.20 bits per heavy atom. The van der Waals surface area contributed by atoms with Gasteiger partial charge < -0.3 is 10.6 Å². The first-order chi connectivity index (χ1) is 11.9. The van der Waals surface area contributed by atoms with Crippen molar-refractivity contribution in [2.24, 2.45) is 0 Å². The molecule has 2 rings (SSSR count). The van der Waals surface area contributed by atoms with Crippen LogP contribution in [-0.4, -0.2) is 34.2 Å². The molecule has 2 N–H and O–H groups in total. The second kappa shape index (κ2) is 8.46. The predicted octanol–water partition coefficient (Wildman–Crippen LogP) is 2.06. The number of aromatic nitrogens is 2. The van der Waals surface area contributed by atoms with Crippen molar-refractivity contribution in [2.75, 3.05) is 6.54 Å². The van der Waals surface area contributed by atoms with Gasteiger partial charge in [0.05, 0.1) is 17.8 Å². The molecule has 0 aliphatic heterocycles. The van der Waals surface area contributed by atoms with Crippen LogP contribution in [0.1, 0.15) is 37.2 Å². The van der Waals surface area contributed by atoms with Crippen molar-refractivity contribution in [3.05, 3.63) is 47.3 Å². The summed E-state index contributed by atoms with van der Waals surface area (Å²) in [7, 11) is 0. The molecule has 2 amide bonds. The van der Waals surface area contributed by atoms with Gasteiger partial charge in [-0.05, 0) is 39.3 Å². The highest BCUT2D eigenvalue weighted by Gasteiger charge is 2.19. The van der Waals surface area contributed by atoms with Crippen LogP contribution in [0.5, 0.6) is 0 Å². The van der Waals surface area contributed by atoms with Crippen molar-refractivity contribution in [2.45, 2.75) is 46.6 Å². The van der Waals surface area contributed by atoms with Crippen molar-refractivity contribution < 1.29 is 9.59 Å². The predicted molar refractivity (Wildman–Crippen MR) is 97.6 cm³/mol. The molecule has 1 heterocycles. The molecule has 0 aliphatic carbocycles. The molecule has 1 unspecified atom stereocenters. The first-order valence-electron chi connectivity index (χ1n) is 8.61. The van der Waals surface area contributed by atoms with E-state index < -0.39 is 6.04 Å². The number of carbonyl (C=O) groups excluding carboxylic acids is 2. The van der Waals surface area contributed by atoms with E-state index in [2.05, 4.69) is 15.7 Å². The zero-order chi connectivity index (χ0) is 18.4. The summed E-state index contributed by atoms with van der Waals surface area (Å²) in [5.74, 6) is -0.346. The highest BCUT2D eigenvalue weighted by atomic mass is 16.2. The molecule has 6 heteroatoms. The molecule has 0 bridgehead atoms. The van der Waals surface area contributed by atoms with E-state index in [4.69, 9.17) is 0 Å². The molecule has 0 fully saturated rings. The van der Waals surface area contributed by atoms with Gasteiger partial charge in [-0.3, -0.25) is 9.59 Å². The third-order valence-corrected chi connectivity index (χ3v) is 4.10. The Bertz CT molecular complexity index is 737. The quantitative estimate of drug-likeness (QED) is 0.809. The second-order valence-corrected chi connectivity index (χ2v) is 6.15. The Labute approximate surface area is 148 Å². The first-order valence-corrected chi connectivity index (χ1v) is 8.61. The Morgan fingerprint density at radius 2 is 1.88 bits per heavy atom. The molecule has 0 radical (unpaired) electrons. The summed E-state index contributed by atoms with van der Waals surface area (Å²) in [5.41, 5.74) is 3.60. The van der Waals surface area contributed by atoms with Crippen LogP contribution in [0, 0.1) is 13.8 Å². The summed E-state index contributed by atoms with van der Waals surface area (Å²) >= 11 is 0. The molecular weight excluding hydrogens is 316 g/mol. The monoisotopic (exact) mass is 342 g/mol. The van der Waals surface area contributed by atoms with Crippen LogP contribution in [0.4, 0.5) is 0 Å². The van der Waals surface area contributed by atoms with Gasteiger partial charge in [0, 0.05) is 17.8 Å². The van der Waals surface area contributed by atoms with Crippen LogP contribution < -0.4 is 10.6 Å². The molecule has 0 spiro atoms. The van der Waals surface area contributed by atoms with E-state index >= 15 is 0 Å². The van der Waals surface area contributed by atoms with Gasteiger partial charge in [-0.15, -0.1) is 0 Å². The molecule has 25 heavy (non-hydrogen) atoms. The maximum absolute atomic E-state index is 12.3. The number of nitrogens with zero attached hydrogens (tertiary/aromatic N) is 2. The highest BCUT2D eigenvalue weighted by Crippen LogP contribution is 2.18. The lowest BCUT2D eigenvalue weighted by atomic mass is 10.1. The fraction of sp³-hybridized carbons (Fsp3) is 0.421. The van der Waals surface area contributed by atoms with Crippen LogP contribution in [0.15, 0.2) is 30.3 Å². The number of aryl methyl sites for hydroxylation is 1. The maximum atomic E-state index is 12.3. The fourth-order valence-corrected chi connectivity index (χ4v) is 2.67. The van der Waals surface area contributed by atoms with E-state index in [1.165, 1.54) is 0 Å². The van der Waals surface area contributed by atoms with E-state index in [0.717, 1.165) is 29.1 Å².